The molecule has 0 N–H and O–H groups in total. The van der Waals surface area contributed by atoms with Crippen LogP contribution in [0.3, 0.4) is 0 Å². The second-order valence-electron chi connectivity index (χ2n) is 6.64. The number of benzene rings is 2. The summed E-state index contributed by atoms with van der Waals surface area (Å²) in [5.41, 5.74) is 3.93. The first-order valence-corrected chi connectivity index (χ1v) is 10.2. The highest BCUT2D eigenvalue weighted by Crippen LogP contribution is 2.28. The van der Waals surface area contributed by atoms with Crippen molar-refractivity contribution in [3.8, 4) is 6.07 Å². The van der Waals surface area contributed by atoms with Crippen LogP contribution >= 0.6 is 11.8 Å². The molecule has 2 aromatic carbocycles. The third-order valence-corrected chi connectivity index (χ3v) is 5.70. The van der Waals surface area contributed by atoms with Crippen LogP contribution in [-0.2, 0) is 6.42 Å². The van der Waals surface area contributed by atoms with Crippen LogP contribution in [-0.4, -0.2) is 22.3 Å². The minimum Gasteiger partial charge on any atom is -0.294 e. The van der Waals surface area contributed by atoms with Crippen molar-refractivity contribution >= 4 is 23.3 Å². The van der Waals surface area contributed by atoms with Crippen molar-refractivity contribution in [1.29, 1.82) is 5.26 Å². The van der Waals surface area contributed by atoms with Gasteiger partial charge in [0.25, 0.3) is 0 Å². The van der Waals surface area contributed by atoms with Crippen LogP contribution in [0.25, 0.3) is 0 Å². The Morgan fingerprint density at radius 1 is 0.931 bits per heavy atom. The lowest BCUT2D eigenvalue weighted by molar-refractivity contribution is 0.0990. The number of aryl methyl sites for hydroxylation is 1. The maximum atomic E-state index is 12.6. The number of thioether (sulfide) groups is 1. The Balaban J connectivity index is 1.83. The van der Waals surface area contributed by atoms with E-state index in [-0.39, 0.29) is 23.7 Å². The SMILES string of the molecule is Cc1nc(SCC(=O)c2ccccc2)c(C#N)c(C)c1CC(=O)c1ccccc1. The van der Waals surface area contributed by atoms with Gasteiger partial charge in [-0.25, -0.2) is 4.98 Å². The number of carbonyl (C=O) groups is 2. The summed E-state index contributed by atoms with van der Waals surface area (Å²) in [5, 5.41) is 10.2. The highest BCUT2D eigenvalue weighted by molar-refractivity contribution is 8.00. The largest absolute Gasteiger partial charge is 0.294 e. The molecule has 0 saturated heterocycles. The predicted molar refractivity (Wildman–Crippen MR) is 114 cm³/mol. The van der Waals surface area contributed by atoms with Gasteiger partial charge in [-0.3, -0.25) is 9.59 Å². The van der Waals surface area contributed by atoms with Gasteiger partial charge in [-0.05, 0) is 25.0 Å². The molecule has 144 valence electrons. The summed E-state index contributed by atoms with van der Waals surface area (Å²) < 4.78 is 0. The molecule has 0 atom stereocenters. The molecule has 0 bridgehead atoms. The van der Waals surface area contributed by atoms with E-state index >= 15 is 0 Å². The summed E-state index contributed by atoms with van der Waals surface area (Å²) in [6, 6.07) is 20.3. The molecular weight excluding hydrogens is 380 g/mol. The standard InChI is InChI=1S/C24H20N2O2S/c1-16-20(13-22(27)18-9-5-3-6-10-18)17(2)26-24(21(16)14-25)29-15-23(28)19-11-7-4-8-12-19/h3-12H,13,15H2,1-2H3. The number of carbonyl (C=O) groups excluding carboxylic acids is 2. The molecule has 0 fully saturated rings. The molecule has 0 unspecified atom stereocenters. The Morgan fingerprint density at radius 2 is 1.48 bits per heavy atom. The van der Waals surface area contributed by atoms with Gasteiger partial charge < -0.3 is 0 Å². The first kappa shape index (κ1) is 20.5. The molecule has 0 aliphatic heterocycles. The number of hydrogen-bond donors (Lipinski definition) is 0. The number of rotatable bonds is 7. The molecular formula is C24H20N2O2S. The number of nitrogens with zero attached hydrogens (tertiary/aromatic N) is 2. The highest BCUT2D eigenvalue weighted by atomic mass is 32.2. The fourth-order valence-corrected chi connectivity index (χ4v) is 4.06. The average Bonchev–Trinajstić information content (AvgIpc) is 2.76. The molecule has 1 heterocycles. The third-order valence-electron chi connectivity index (χ3n) is 4.73. The van der Waals surface area contributed by atoms with Crippen molar-refractivity contribution in [3.05, 3.63) is 94.2 Å². The molecule has 5 heteroatoms. The van der Waals surface area contributed by atoms with Crippen molar-refractivity contribution in [3.63, 3.8) is 0 Å². The molecule has 0 saturated carbocycles. The van der Waals surface area contributed by atoms with Gasteiger partial charge in [0.15, 0.2) is 11.6 Å². The van der Waals surface area contributed by atoms with Crippen LogP contribution in [0.1, 0.15) is 43.1 Å². The quantitative estimate of drug-likeness (QED) is 0.414. The first-order valence-electron chi connectivity index (χ1n) is 9.20. The minimum absolute atomic E-state index is 0.0119. The first-order chi connectivity index (χ1) is 14.0. The minimum atomic E-state index is -0.0140. The van der Waals surface area contributed by atoms with Crippen LogP contribution < -0.4 is 0 Å². The van der Waals surface area contributed by atoms with Crippen molar-refractivity contribution < 1.29 is 9.59 Å². The van der Waals surface area contributed by atoms with E-state index < -0.39 is 0 Å². The number of ketones is 2. The Hall–Kier alpha value is -3.23. The van der Waals surface area contributed by atoms with Gasteiger partial charge in [0.2, 0.25) is 0 Å². The van der Waals surface area contributed by atoms with Crippen molar-refractivity contribution in [1.82, 2.24) is 4.98 Å². The molecule has 29 heavy (non-hydrogen) atoms. The lowest BCUT2D eigenvalue weighted by Crippen LogP contribution is -2.10. The number of hydrogen-bond acceptors (Lipinski definition) is 5. The molecule has 0 spiro atoms. The van der Waals surface area contributed by atoms with E-state index in [1.807, 2.05) is 50.2 Å². The summed E-state index contributed by atoms with van der Waals surface area (Å²) in [6.07, 6.45) is 0.192. The fourth-order valence-electron chi connectivity index (χ4n) is 3.08. The van der Waals surface area contributed by atoms with E-state index in [2.05, 4.69) is 11.1 Å². The monoisotopic (exact) mass is 400 g/mol. The predicted octanol–water partition coefficient (Wildman–Crippen LogP) is 4.97. The van der Waals surface area contributed by atoms with Crippen molar-refractivity contribution in [2.75, 3.05) is 5.75 Å². The molecule has 1 aromatic heterocycles. The van der Waals surface area contributed by atoms with Crippen LogP contribution in [0.15, 0.2) is 65.7 Å². The molecule has 0 aliphatic carbocycles. The Bertz CT molecular complexity index is 1090. The molecule has 3 rings (SSSR count). The van der Waals surface area contributed by atoms with E-state index in [1.54, 1.807) is 24.3 Å². The summed E-state index contributed by atoms with van der Waals surface area (Å²) in [6.45, 7) is 3.68. The zero-order valence-electron chi connectivity index (χ0n) is 16.3. The summed E-state index contributed by atoms with van der Waals surface area (Å²) in [5.74, 6) is 0.175. The molecule has 4 nitrogen and oxygen atoms in total. The maximum Gasteiger partial charge on any atom is 0.173 e. The van der Waals surface area contributed by atoms with Gasteiger partial charge in [0, 0.05) is 23.2 Å². The average molecular weight is 401 g/mol. The van der Waals surface area contributed by atoms with Crippen LogP contribution in [0.4, 0.5) is 0 Å². The summed E-state index contributed by atoms with van der Waals surface area (Å²) >= 11 is 1.26. The Kier molecular flexibility index (Phi) is 6.58. The summed E-state index contributed by atoms with van der Waals surface area (Å²) in [4.78, 5) is 29.5. The second-order valence-corrected chi connectivity index (χ2v) is 7.60. The topological polar surface area (TPSA) is 70.8 Å². The molecule has 0 aliphatic rings. The van der Waals surface area contributed by atoms with E-state index in [0.717, 1.165) is 11.1 Å². The third kappa shape index (κ3) is 4.79. The lowest BCUT2D eigenvalue weighted by Gasteiger charge is -2.14. The zero-order chi connectivity index (χ0) is 20.8. The lowest BCUT2D eigenvalue weighted by atomic mass is 9.96. The Morgan fingerprint density at radius 3 is 2.03 bits per heavy atom. The van der Waals surface area contributed by atoms with Gasteiger partial charge in [-0.2, -0.15) is 5.26 Å². The number of aromatic nitrogens is 1. The second kappa shape index (κ2) is 9.31. The van der Waals surface area contributed by atoms with Crippen LogP contribution in [0.2, 0.25) is 0 Å². The van der Waals surface area contributed by atoms with E-state index in [0.29, 0.717) is 27.4 Å². The number of nitriles is 1. The normalized spacial score (nSPS) is 10.4. The number of pyridine rings is 1. The van der Waals surface area contributed by atoms with Gasteiger partial charge in [-0.1, -0.05) is 72.4 Å². The smallest absolute Gasteiger partial charge is 0.173 e. The van der Waals surface area contributed by atoms with Crippen molar-refractivity contribution in [2.24, 2.45) is 0 Å². The summed E-state index contributed by atoms with van der Waals surface area (Å²) in [7, 11) is 0. The highest BCUT2D eigenvalue weighted by Gasteiger charge is 2.19. The van der Waals surface area contributed by atoms with Crippen LogP contribution in [0, 0.1) is 25.2 Å². The fraction of sp³-hybridized carbons (Fsp3) is 0.167. The molecule has 3 aromatic rings. The van der Waals surface area contributed by atoms with E-state index in [1.165, 1.54) is 11.8 Å². The van der Waals surface area contributed by atoms with Crippen molar-refractivity contribution in [2.45, 2.75) is 25.3 Å². The van der Waals surface area contributed by atoms with Gasteiger partial charge in [-0.15, -0.1) is 0 Å². The van der Waals surface area contributed by atoms with E-state index in [9.17, 15) is 14.9 Å². The Labute approximate surface area is 174 Å². The number of Topliss-reactive ketones (excluding diaryl/α,β-unsaturated/α-hetero) is 2. The van der Waals surface area contributed by atoms with Gasteiger partial charge >= 0.3 is 0 Å². The van der Waals surface area contributed by atoms with E-state index in [4.69, 9.17) is 0 Å². The van der Waals surface area contributed by atoms with Crippen LogP contribution in [0.5, 0.6) is 0 Å². The maximum absolute atomic E-state index is 12.6. The zero-order valence-corrected chi connectivity index (χ0v) is 17.1. The van der Waals surface area contributed by atoms with Gasteiger partial charge in [0.1, 0.15) is 11.1 Å². The van der Waals surface area contributed by atoms with Gasteiger partial charge in [0.05, 0.1) is 11.3 Å². The molecule has 0 amide bonds. The molecule has 0 radical (unpaired) electrons.